The van der Waals surface area contributed by atoms with E-state index in [0.717, 1.165) is 19.3 Å². The Morgan fingerprint density at radius 1 is 1.38 bits per heavy atom. The van der Waals surface area contributed by atoms with Gasteiger partial charge in [0.2, 0.25) is 5.91 Å². The first-order chi connectivity index (χ1) is 11.7. The normalized spacial score (nSPS) is 18.2. The SMILES string of the molecule is O=C(Cn1cccn1)N1CCCC[C@@H]1c1cc(=O)n2[nH]ccc2n1. The molecule has 1 N–H and O–H groups in total. The van der Waals surface area contributed by atoms with Crippen LogP contribution >= 0.6 is 0 Å². The fraction of sp³-hybridized carbons (Fsp3) is 0.375. The number of amides is 1. The number of nitrogens with one attached hydrogen (secondary N) is 1. The lowest BCUT2D eigenvalue weighted by molar-refractivity contribution is -0.136. The summed E-state index contributed by atoms with van der Waals surface area (Å²) in [6.45, 7) is 0.883. The van der Waals surface area contributed by atoms with Gasteiger partial charge >= 0.3 is 0 Å². The number of carbonyl (C=O) groups is 1. The van der Waals surface area contributed by atoms with Crippen LogP contribution in [-0.2, 0) is 11.3 Å². The van der Waals surface area contributed by atoms with Crippen molar-refractivity contribution < 1.29 is 4.79 Å². The molecule has 4 rings (SSSR count). The molecule has 0 aromatic carbocycles. The molecule has 0 bridgehead atoms. The summed E-state index contributed by atoms with van der Waals surface area (Å²) in [6, 6.07) is 4.91. The van der Waals surface area contributed by atoms with Gasteiger partial charge in [-0.2, -0.15) is 5.10 Å². The molecule has 124 valence electrons. The van der Waals surface area contributed by atoms with E-state index in [1.807, 2.05) is 4.90 Å². The van der Waals surface area contributed by atoms with Crippen molar-refractivity contribution in [2.24, 2.45) is 0 Å². The monoisotopic (exact) mass is 326 g/mol. The van der Waals surface area contributed by atoms with Gasteiger partial charge in [-0.3, -0.25) is 19.4 Å². The molecular weight excluding hydrogens is 308 g/mol. The molecule has 0 aliphatic carbocycles. The van der Waals surface area contributed by atoms with Gasteiger partial charge in [-0.1, -0.05) is 0 Å². The van der Waals surface area contributed by atoms with Crippen molar-refractivity contribution in [1.29, 1.82) is 0 Å². The number of H-pyrrole nitrogens is 1. The van der Waals surface area contributed by atoms with Gasteiger partial charge in [0.25, 0.3) is 5.56 Å². The summed E-state index contributed by atoms with van der Waals surface area (Å²) in [5.74, 6) is -0.000493. The third-order valence-corrected chi connectivity index (χ3v) is 4.42. The maximum Gasteiger partial charge on any atom is 0.272 e. The van der Waals surface area contributed by atoms with E-state index in [-0.39, 0.29) is 24.1 Å². The minimum Gasteiger partial charge on any atom is -0.332 e. The van der Waals surface area contributed by atoms with Gasteiger partial charge in [0.1, 0.15) is 6.54 Å². The van der Waals surface area contributed by atoms with Crippen LogP contribution in [-0.4, -0.2) is 41.7 Å². The van der Waals surface area contributed by atoms with Crippen LogP contribution in [0.5, 0.6) is 0 Å². The number of nitrogens with zero attached hydrogens (tertiary/aromatic N) is 5. The van der Waals surface area contributed by atoms with E-state index < -0.39 is 0 Å². The van der Waals surface area contributed by atoms with Crippen molar-refractivity contribution >= 4 is 11.6 Å². The lowest BCUT2D eigenvalue weighted by atomic mass is 9.99. The summed E-state index contributed by atoms with van der Waals surface area (Å²) in [4.78, 5) is 31.3. The van der Waals surface area contributed by atoms with E-state index in [4.69, 9.17) is 0 Å². The van der Waals surface area contributed by atoms with E-state index in [1.54, 1.807) is 35.4 Å². The fourth-order valence-corrected chi connectivity index (χ4v) is 3.28. The highest BCUT2D eigenvalue weighted by atomic mass is 16.2. The predicted octanol–water partition coefficient (Wildman–Crippen LogP) is 0.973. The fourth-order valence-electron chi connectivity index (χ4n) is 3.28. The van der Waals surface area contributed by atoms with Gasteiger partial charge in [-0.25, -0.2) is 9.50 Å². The van der Waals surface area contributed by atoms with E-state index >= 15 is 0 Å². The van der Waals surface area contributed by atoms with E-state index in [0.29, 0.717) is 17.9 Å². The highest BCUT2D eigenvalue weighted by Gasteiger charge is 2.29. The maximum absolute atomic E-state index is 12.7. The molecule has 0 saturated carbocycles. The zero-order chi connectivity index (χ0) is 16.5. The Morgan fingerprint density at radius 2 is 2.29 bits per heavy atom. The van der Waals surface area contributed by atoms with Gasteiger partial charge < -0.3 is 4.90 Å². The minimum absolute atomic E-state index is 0.000493. The predicted molar refractivity (Wildman–Crippen MR) is 86.3 cm³/mol. The molecule has 0 radical (unpaired) electrons. The maximum atomic E-state index is 12.7. The molecule has 1 aliphatic heterocycles. The van der Waals surface area contributed by atoms with Crippen LogP contribution in [0, 0.1) is 0 Å². The van der Waals surface area contributed by atoms with Crippen molar-refractivity contribution in [2.75, 3.05) is 6.54 Å². The molecule has 0 unspecified atom stereocenters. The number of carbonyl (C=O) groups excluding carboxylic acids is 1. The second kappa shape index (κ2) is 5.95. The molecule has 4 heterocycles. The Balaban J connectivity index is 1.65. The third-order valence-electron chi connectivity index (χ3n) is 4.42. The smallest absolute Gasteiger partial charge is 0.272 e. The summed E-state index contributed by atoms with van der Waals surface area (Å²) >= 11 is 0. The molecule has 1 atom stereocenters. The molecule has 1 saturated heterocycles. The molecule has 1 aliphatic rings. The lowest BCUT2D eigenvalue weighted by Crippen LogP contribution is -2.41. The molecule has 3 aromatic rings. The summed E-state index contributed by atoms with van der Waals surface area (Å²) in [6.07, 6.45) is 7.90. The van der Waals surface area contributed by atoms with Crippen LogP contribution < -0.4 is 5.56 Å². The molecule has 0 spiro atoms. The van der Waals surface area contributed by atoms with Crippen LogP contribution in [0.1, 0.15) is 31.0 Å². The standard InChI is InChI=1S/C16H18N6O2/c23-15-10-12(19-14-5-7-18-22(14)15)13-4-1-2-9-21(13)16(24)11-20-8-3-6-17-20/h3,5-8,10,13,18H,1-2,4,9,11H2/t13-/m1/s1. The quantitative estimate of drug-likeness (QED) is 0.777. The first-order valence-electron chi connectivity index (χ1n) is 8.06. The van der Waals surface area contributed by atoms with Crippen LogP contribution in [0.25, 0.3) is 5.65 Å². The molecule has 1 amide bonds. The number of rotatable bonds is 3. The Bertz CT molecular complexity index is 910. The molecule has 8 nitrogen and oxygen atoms in total. The zero-order valence-electron chi connectivity index (χ0n) is 13.1. The molecule has 1 fully saturated rings. The first-order valence-corrected chi connectivity index (χ1v) is 8.06. The minimum atomic E-state index is -0.162. The highest BCUT2D eigenvalue weighted by molar-refractivity contribution is 5.76. The van der Waals surface area contributed by atoms with E-state index in [9.17, 15) is 9.59 Å². The average molecular weight is 326 g/mol. The first kappa shape index (κ1) is 14.7. The van der Waals surface area contributed by atoms with Crippen molar-refractivity contribution in [3.05, 3.63) is 52.8 Å². The largest absolute Gasteiger partial charge is 0.332 e. The summed E-state index contributed by atoms with van der Waals surface area (Å²) < 4.78 is 3.01. The van der Waals surface area contributed by atoms with Crippen molar-refractivity contribution in [1.82, 2.24) is 29.3 Å². The zero-order valence-corrected chi connectivity index (χ0v) is 13.1. The van der Waals surface area contributed by atoms with Crippen molar-refractivity contribution in [3.8, 4) is 0 Å². The second-order valence-electron chi connectivity index (χ2n) is 5.98. The average Bonchev–Trinajstić information content (AvgIpc) is 3.26. The van der Waals surface area contributed by atoms with Crippen molar-refractivity contribution in [3.63, 3.8) is 0 Å². The lowest BCUT2D eigenvalue weighted by Gasteiger charge is -2.35. The summed E-state index contributed by atoms with van der Waals surface area (Å²) in [5, 5.41) is 6.92. The molecule has 3 aromatic heterocycles. The summed E-state index contributed by atoms with van der Waals surface area (Å²) in [5.41, 5.74) is 1.07. The Labute approximate surface area is 137 Å². The van der Waals surface area contributed by atoms with Gasteiger partial charge in [-0.05, 0) is 25.3 Å². The molecular formula is C16H18N6O2. The number of likely N-dealkylation sites (tertiary alicyclic amines) is 1. The summed E-state index contributed by atoms with van der Waals surface area (Å²) in [7, 11) is 0. The van der Waals surface area contributed by atoms with Gasteiger partial charge in [0.05, 0.1) is 11.7 Å². The van der Waals surface area contributed by atoms with Crippen molar-refractivity contribution in [2.45, 2.75) is 31.8 Å². The van der Waals surface area contributed by atoms with E-state index in [2.05, 4.69) is 15.2 Å². The topological polar surface area (TPSA) is 88.3 Å². The number of piperidine rings is 1. The van der Waals surface area contributed by atoms with Gasteiger partial charge in [-0.15, -0.1) is 0 Å². The van der Waals surface area contributed by atoms with Gasteiger partial charge in [0.15, 0.2) is 5.65 Å². The van der Waals surface area contributed by atoms with Crippen LogP contribution in [0.4, 0.5) is 0 Å². The van der Waals surface area contributed by atoms with Gasteiger partial charge in [0, 0.05) is 37.3 Å². The Kier molecular flexibility index (Phi) is 3.64. The van der Waals surface area contributed by atoms with Crippen LogP contribution in [0.15, 0.2) is 41.6 Å². The van der Waals surface area contributed by atoms with E-state index in [1.165, 1.54) is 10.6 Å². The highest BCUT2D eigenvalue weighted by Crippen LogP contribution is 2.29. The third kappa shape index (κ3) is 2.60. The van der Waals surface area contributed by atoms with Crippen LogP contribution in [0.3, 0.4) is 0 Å². The number of hydrogen-bond donors (Lipinski definition) is 1. The number of aromatic nitrogens is 5. The second-order valence-corrected chi connectivity index (χ2v) is 5.98. The number of aromatic amines is 1. The Hall–Kier alpha value is -2.90. The molecule has 24 heavy (non-hydrogen) atoms. The Morgan fingerprint density at radius 3 is 3.12 bits per heavy atom. The van der Waals surface area contributed by atoms with Crippen LogP contribution in [0.2, 0.25) is 0 Å². The molecule has 8 heteroatoms. The number of hydrogen-bond acceptors (Lipinski definition) is 4. The number of fused-ring (bicyclic) bond motifs is 1.